The molecule has 0 fully saturated rings. The number of imide groups is 1. The molecule has 3 rings (SSSR count). The number of amides is 10. The number of esters is 2. The maximum absolute atomic E-state index is 12.7. The van der Waals surface area contributed by atoms with Crippen molar-refractivity contribution in [2.24, 2.45) is 41.4 Å². The zero-order valence-corrected chi connectivity index (χ0v) is 90.5. The van der Waals surface area contributed by atoms with E-state index >= 15 is 0 Å². The Labute approximate surface area is 869 Å². The molecule has 0 aromatic heterocycles. The molecule has 0 bridgehead atoms. The molecule has 7 atom stereocenters. The Bertz CT molecular complexity index is 3200. The van der Waals surface area contributed by atoms with Gasteiger partial charge in [-0.3, -0.25) is 82.0 Å². The Hall–Kier alpha value is -3.78. The average molecular weight is 1990 g/mol. The number of nitrogens with zero attached hydrogens (tertiary/aromatic N) is 1. The van der Waals surface area contributed by atoms with Gasteiger partial charge in [0.25, 0.3) is 53.7 Å². The fourth-order valence-electron chi connectivity index (χ4n) is 8.55. The van der Waals surface area contributed by atoms with Gasteiger partial charge in [-0.2, -0.15) is 82.3 Å². The van der Waals surface area contributed by atoms with E-state index in [9.17, 15) is 67.4 Å². The quantitative estimate of drug-likeness (QED) is 0.00660. The van der Waals surface area contributed by atoms with Crippen molar-refractivity contribution in [1.29, 1.82) is 11.1 Å². The first-order chi connectivity index (χ1) is 59.1. The maximum atomic E-state index is 12.7. The molecule has 0 spiro atoms. The number of methoxy groups -OCH3 is 1. The molecule has 15 N–H and O–H groups in total. The molecule has 46 heteroatoms. The molecular formula is C81H146K2N12O25S7. The fourth-order valence-corrected chi connectivity index (χ4v) is 11.7. The summed E-state index contributed by atoms with van der Waals surface area (Å²) in [6.45, 7) is 30.2. The number of thioether (sulfide) groups is 7. The number of aliphatic hydroxyl groups is 1. The fraction of sp³-hybridized carbons (Fsp3) is 0.679. The number of fused-ring (bicyclic) bond motifs is 1. The Morgan fingerprint density at radius 1 is 0.457 bits per heavy atom. The van der Waals surface area contributed by atoms with Gasteiger partial charge in [-0.25, -0.2) is 32.7 Å². The van der Waals surface area contributed by atoms with Crippen LogP contribution in [0.25, 0.3) is 0 Å². The zero-order valence-electron chi connectivity index (χ0n) is 79.5. The second-order valence-electron chi connectivity index (χ2n) is 29.0. The first-order valence-corrected chi connectivity index (χ1v) is 49.7. The summed E-state index contributed by atoms with van der Waals surface area (Å²) >= 11 is 11.3. The van der Waals surface area contributed by atoms with Crippen LogP contribution in [0.2, 0.25) is 0 Å². The number of hydrogen-bond acceptors (Lipinski definition) is 34. The average Bonchev–Trinajstić information content (AvgIpc) is 1.65. The van der Waals surface area contributed by atoms with Gasteiger partial charge in [0.1, 0.15) is 12.2 Å². The Balaban J connectivity index is -0.000000166. The van der Waals surface area contributed by atoms with E-state index in [1.807, 2.05) is 113 Å². The zero-order chi connectivity index (χ0) is 97.0. The summed E-state index contributed by atoms with van der Waals surface area (Å²) in [5, 5.41) is 52.1. The molecule has 2 aromatic rings. The van der Waals surface area contributed by atoms with Gasteiger partial charge >= 0.3 is 121 Å². The van der Waals surface area contributed by atoms with Crippen molar-refractivity contribution in [1.82, 2.24) is 47.9 Å². The van der Waals surface area contributed by atoms with Crippen molar-refractivity contribution < 1.29 is 227 Å². The predicted molar refractivity (Wildman–Crippen MR) is 498 cm³/mol. The van der Waals surface area contributed by atoms with E-state index in [0.29, 0.717) is 112 Å². The number of aliphatic carboxylic acids is 1. The molecule has 1 aliphatic heterocycles. The second-order valence-corrected chi connectivity index (χ2v) is 35.9. The van der Waals surface area contributed by atoms with Gasteiger partial charge in [0, 0.05) is 85.6 Å². The third-order valence-electron chi connectivity index (χ3n) is 15.1. The molecule has 127 heavy (non-hydrogen) atoms. The van der Waals surface area contributed by atoms with Crippen molar-refractivity contribution in [2.75, 3.05) is 130 Å². The number of ether oxygens (including phenoxy) is 3. The van der Waals surface area contributed by atoms with E-state index in [1.165, 1.54) is 55.9 Å². The molecule has 0 saturated heterocycles. The molecule has 0 saturated carbocycles. The summed E-state index contributed by atoms with van der Waals surface area (Å²) in [5.74, 6) is 7.11. The van der Waals surface area contributed by atoms with Gasteiger partial charge in [0.15, 0.2) is 30.5 Å². The predicted octanol–water partition coefficient (Wildman–Crippen LogP) is 2.24. The van der Waals surface area contributed by atoms with E-state index in [1.54, 1.807) is 95.9 Å². The van der Waals surface area contributed by atoms with Crippen LogP contribution in [0, 0.1) is 46.6 Å². The number of nitrogens with one attached hydrogen (secondary N) is 10. The van der Waals surface area contributed by atoms with Crippen molar-refractivity contribution in [2.45, 2.75) is 185 Å². The molecule has 37 nitrogen and oxygen atoms in total. The molecule has 0 radical (unpaired) electrons. The van der Waals surface area contributed by atoms with Crippen molar-refractivity contribution >= 4 is 166 Å². The minimum atomic E-state index is -1.08. The summed E-state index contributed by atoms with van der Waals surface area (Å²) < 4.78 is 14.7. The number of carboxylic acid groups (broad SMARTS) is 1. The number of nitrogens with two attached hydrogens (primary N) is 1. The van der Waals surface area contributed by atoms with E-state index in [4.69, 9.17) is 56.5 Å². The normalized spacial score (nSPS) is 12.3. The second kappa shape index (κ2) is 91.3. The number of benzene rings is 2. The van der Waals surface area contributed by atoms with Crippen molar-refractivity contribution in [3.05, 3.63) is 70.8 Å². The molecule has 0 aliphatic carbocycles. The number of rotatable bonds is 51. The Morgan fingerprint density at radius 2 is 0.717 bits per heavy atom. The smallest absolute Gasteiger partial charge is 1.00 e. The maximum Gasteiger partial charge on any atom is 1.00 e. The number of carbonyl (C=O) groups excluding carboxylic acids is 13. The number of aliphatic hydroxyl groups excluding tert-OH is 1. The monoisotopic (exact) mass is 1990 g/mol. The Kier molecular flexibility index (Phi) is 99.7. The van der Waals surface area contributed by atoms with Crippen LogP contribution in [0.5, 0.6) is 0 Å². The van der Waals surface area contributed by atoms with Crippen LogP contribution in [0.15, 0.2) is 48.5 Å². The van der Waals surface area contributed by atoms with Crippen LogP contribution in [-0.4, -0.2) is 277 Å². The van der Waals surface area contributed by atoms with Gasteiger partial charge in [-0.1, -0.05) is 101 Å². The van der Waals surface area contributed by atoms with Crippen molar-refractivity contribution in [3.8, 4) is 0 Å². The Morgan fingerprint density at radius 3 is 1.00 bits per heavy atom. The molecule has 10 amide bonds. The van der Waals surface area contributed by atoms with Crippen LogP contribution in [0.3, 0.4) is 0 Å². The standard InChI is InChI=1S/C26H42N4O6S2.C11H21NO3S.C10H21NO2S.C9H20N2O2S.C9H19NO2S.C8H5NO3.C7H12O4S.CH2O3.2K.H2N2.H2.H/c1-17(2)15-27-25(33)21(10-12-37-5)35-29-23(31)19-8-7-9-20(14-19)24(32)30-36-22(11-13-38-6)26(34)28-16-18(3)4;1-8(2)7-12-11(14)10(5-6-16-4)15-9(3)13;1-8(2)7-11-10(12)9(13-3)5-6-14-4;1-7(2)6-11-9(12)8(13-10)4-5-14-3;1-7(2)6-10-9(12)8(11)4-5-13-3;10-7-5-3-1-2-4-6(5)8(11)9(7)12;1-5(8)11-6(7(9)10)3-4-12-2;2-1-4-3;;;1-2;;/h7-9,14,17-18,21-22H,10-13,15-16H2,1-6H3,(H,27,33)(H,28,34)(H,29,31)(H,30,32);8,10H,5-7H2,1-4H3,(H,12,14);8-9H,5-7H2,1-4H3,(H,11,12);7-8H,4-6,10H2,1-3H3,(H,11,12);7-8,11H,4-6H2,1-3H3,(H,10,12);1-4,12H;6H,3-4H2,1-2H3,(H,9,10);1,3H;;;1-2H;1H;/q;;;;;;;;2*+1;;;-1/p-1/t21-,22-;10-;9-;2*8-;;6-;;;;;;/m10110.0....../s1. The third-order valence-corrected chi connectivity index (χ3v) is 19.6. The topological polar surface area (TPSA) is 561 Å². The molecule has 724 valence electrons. The minimum absolute atomic E-state index is 0. The molecule has 1 aliphatic rings. The van der Waals surface area contributed by atoms with Crippen LogP contribution in [0.1, 0.15) is 186 Å². The van der Waals surface area contributed by atoms with E-state index in [-0.39, 0.29) is 193 Å². The van der Waals surface area contributed by atoms with E-state index in [2.05, 4.69) is 71.2 Å². The van der Waals surface area contributed by atoms with Gasteiger partial charge < -0.3 is 67.9 Å². The first-order valence-electron chi connectivity index (χ1n) is 40.0. The summed E-state index contributed by atoms with van der Waals surface area (Å²) in [6, 6.07) is 12.3. The number of hydrogen-bond donors (Lipinski definition) is 14. The largest absolute Gasteiger partial charge is 1.00 e. The summed E-state index contributed by atoms with van der Waals surface area (Å²) in [4.78, 5) is 177. The minimum Gasteiger partial charge on any atom is -1.00 e. The summed E-state index contributed by atoms with van der Waals surface area (Å²) in [6.07, 6.45) is 12.4. The van der Waals surface area contributed by atoms with Crippen LogP contribution in [0.4, 0.5) is 0 Å². The molecule has 0 unspecified atom stereocenters. The summed E-state index contributed by atoms with van der Waals surface area (Å²) in [7, 11) is 1.58. The number of carboxylic acids is 1. The molecule has 2 aromatic carbocycles. The third kappa shape index (κ3) is 78.3. The SMILES string of the molecule is CO[C@H](CCSC)C(=O)NCC(C)C.CSCC[C@@H](ON)C(=O)NCC(C)C.CSCC[C@@H](ONC(=O)c1cccc(C(=O)NO[C@H](CCSC)C(=O)NCC(C)C)c1)C(=O)NCC(C)C.CSCC[C@H](O)C(=O)NCC(C)C.CSCC[C@H](OC(C)=O)C(=O)NCC(C)C.CSCC[C@H](OC(C)=O)C(=O)O.N=N.O=C1c2ccccc2C(=O)N1O.O=CO[O-].[H-].[HH].[K+].[K+]. The number of hydroxylamine groups is 4. The van der Waals surface area contributed by atoms with E-state index < -0.39 is 78.2 Å². The molecule has 1 heterocycles. The summed E-state index contributed by atoms with van der Waals surface area (Å²) in [5.41, 5.74) is 15.5. The van der Waals surface area contributed by atoms with Crippen LogP contribution < -0.4 is 157 Å². The van der Waals surface area contributed by atoms with Gasteiger partial charge in [-0.05, 0) is 182 Å². The van der Waals surface area contributed by atoms with Crippen LogP contribution in [-0.2, 0) is 81.6 Å². The first kappa shape index (κ1) is 139. The van der Waals surface area contributed by atoms with Gasteiger partial charge in [0.05, 0.1) is 11.1 Å². The van der Waals surface area contributed by atoms with Crippen molar-refractivity contribution in [3.63, 3.8) is 0 Å². The number of carbonyl (C=O) groups is 14. The van der Waals surface area contributed by atoms with Crippen LogP contribution >= 0.6 is 82.3 Å². The van der Waals surface area contributed by atoms with Gasteiger partial charge in [-0.15, -0.1) is 5.06 Å². The van der Waals surface area contributed by atoms with E-state index in [0.717, 1.165) is 36.0 Å². The molecular weight excluding hydrogens is 1840 g/mol. The van der Waals surface area contributed by atoms with Gasteiger partial charge in [0.2, 0.25) is 11.8 Å².